The van der Waals surface area contributed by atoms with Crippen LogP contribution >= 0.6 is 0 Å². The van der Waals surface area contributed by atoms with Crippen molar-refractivity contribution in [2.24, 2.45) is 0 Å². The van der Waals surface area contributed by atoms with E-state index < -0.39 is 23.8 Å². The fraction of sp³-hybridized carbons (Fsp3) is 0.357. The van der Waals surface area contributed by atoms with Crippen LogP contribution in [-0.2, 0) is 24.1 Å². The molecule has 22 heavy (non-hydrogen) atoms. The molecule has 1 N–H and O–H groups in total. The molecule has 8 heteroatoms. The Balaban J connectivity index is 1.80. The third-order valence-electron chi connectivity index (χ3n) is 2.85. The van der Waals surface area contributed by atoms with Gasteiger partial charge >= 0.3 is 6.18 Å². The SMILES string of the molecule is OC(COCc1ccccc1F)Cn1ccc(C(F)(F)F)n1. The normalized spacial score (nSPS) is 13.3. The van der Waals surface area contributed by atoms with Gasteiger partial charge in [0.2, 0.25) is 0 Å². The van der Waals surface area contributed by atoms with Gasteiger partial charge in [-0.3, -0.25) is 4.68 Å². The van der Waals surface area contributed by atoms with Gasteiger partial charge in [-0.2, -0.15) is 18.3 Å². The van der Waals surface area contributed by atoms with Crippen molar-refractivity contribution in [3.05, 3.63) is 53.6 Å². The predicted molar refractivity (Wildman–Crippen MR) is 69.3 cm³/mol. The van der Waals surface area contributed by atoms with Crippen molar-refractivity contribution in [1.29, 1.82) is 0 Å². The molecule has 2 rings (SSSR count). The zero-order valence-electron chi connectivity index (χ0n) is 11.4. The van der Waals surface area contributed by atoms with E-state index in [1.54, 1.807) is 18.2 Å². The molecule has 1 aromatic carbocycles. The second-order valence-electron chi connectivity index (χ2n) is 4.68. The summed E-state index contributed by atoms with van der Waals surface area (Å²) in [5.41, 5.74) is -0.680. The highest BCUT2D eigenvalue weighted by Crippen LogP contribution is 2.27. The van der Waals surface area contributed by atoms with E-state index in [1.807, 2.05) is 0 Å². The van der Waals surface area contributed by atoms with Crippen molar-refractivity contribution < 1.29 is 27.4 Å². The molecule has 0 spiro atoms. The summed E-state index contributed by atoms with van der Waals surface area (Å²) in [7, 11) is 0. The molecule has 0 bridgehead atoms. The lowest BCUT2D eigenvalue weighted by Crippen LogP contribution is -2.22. The molecule has 0 radical (unpaired) electrons. The standard InChI is InChI=1S/C14H14F4N2O2/c15-12-4-2-1-3-10(12)8-22-9-11(21)7-20-6-5-13(19-20)14(16,17)18/h1-6,11,21H,7-9H2. The number of rotatable bonds is 6. The van der Waals surface area contributed by atoms with Gasteiger partial charge in [-0.25, -0.2) is 4.39 Å². The molecule has 0 amide bonds. The van der Waals surface area contributed by atoms with E-state index in [0.717, 1.165) is 16.9 Å². The summed E-state index contributed by atoms with van der Waals surface area (Å²) in [6.45, 7) is -0.320. The molecule has 0 aliphatic carbocycles. The molecular weight excluding hydrogens is 304 g/mol. The number of benzene rings is 1. The molecule has 4 nitrogen and oxygen atoms in total. The van der Waals surface area contributed by atoms with E-state index in [-0.39, 0.29) is 19.8 Å². The molecule has 1 unspecified atom stereocenters. The van der Waals surface area contributed by atoms with Crippen LogP contribution in [0.4, 0.5) is 17.6 Å². The number of ether oxygens (including phenoxy) is 1. The maximum Gasteiger partial charge on any atom is 0.435 e. The molecule has 1 atom stereocenters. The Morgan fingerprint density at radius 3 is 2.59 bits per heavy atom. The van der Waals surface area contributed by atoms with Gasteiger partial charge in [-0.1, -0.05) is 18.2 Å². The van der Waals surface area contributed by atoms with Crippen molar-refractivity contribution in [3.8, 4) is 0 Å². The van der Waals surface area contributed by atoms with E-state index in [2.05, 4.69) is 5.10 Å². The maximum absolute atomic E-state index is 13.3. The van der Waals surface area contributed by atoms with Gasteiger partial charge in [-0.05, 0) is 12.1 Å². The molecule has 2 aromatic rings. The zero-order valence-corrected chi connectivity index (χ0v) is 11.4. The number of hydrogen-bond acceptors (Lipinski definition) is 3. The first kappa shape index (κ1) is 16.4. The number of aliphatic hydroxyl groups is 1. The average Bonchev–Trinajstić information content (AvgIpc) is 2.89. The Morgan fingerprint density at radius 2 is 1.95 bits per heavy atom. The minimum absolute atomic E-state index is 0.0311. The first-order valence-corrected chi connectivity index (χ1v) is 6.46. The van der Waals surface area contributed by atoms with Crippen molar-refractivity contribution in [2.45, 2.75) is 25.4 Å². The van der Waals surface area contributed by atoms with E-state index in [9.17, 15) is 22.7 Å². The van der Waals surface area contributed by atoms with Crippen LogP contribution in [0.2, 0.25) is 0 Å². The minimum atomic E-state index is -4.52. The van der Waals surface area contributed by atoms with Crippen molar-refractivity contribution in [3.63, 3.8) is 0 Å². The smallest absolute Gasteiger partial charge is 0.389 e. The third-order valence-corrected chi connectivity index (χ3v) is 2.85. The molecule has 0 saturated carbocycles. The molecule has 0 fully saturated rings. The van der Waals surface area contributed by atoms with E-state index >= 15 is 0 Å². The highest BCUT2D eigenvalue weighted by molar-refractivity contribution is 5.16. The van der Waals surface area contributed by atoms with Crippen molar-refractivity contribution in [1.82, 2.24) is 9.78 Å². The fourth-order valence-corrected chi connectivity index (χ4v) is 1.80. The van der Waals surface area contributed by atoms with Gasteiger partial charge in [-0.15, -0.1) is 0 Å². The Kier molecular flexibility index (Phi) is 5.15. The number of aliphatic hydroxyl groups excluding tert-OH is 1. The molecule has 120 valence electrons. The van der Waals surface area contributed by atoms with E-state index in [1.165, 1.54) is 6.07 Å². The van der Waals surface area contributed by atoms with Crippen molar-refractivity contribution in [2.75, 3.05) is 6.61 Å². The average molecular weight is 318 g/mol. The second kappa shape index (κ2) is 6.89. The molecule has 0 aliphatic heterocycles. The van der Waals surface area contributed by atoms with E-state index in [4.69, 9.17) is 4.74 Å². The van der Waals surface area contributed by atoms with Crippen LogP contribution < -0.4 is 0 Å². The Hall–Kier alpha value is -1.93. The lowest BCUT2D eigenvalue weighted by atomic mass is 10.2. The third kappa shape index (κ3) is 4.54. The van der Waals surface area contributed by atoms with Gasteiger partial charge in [0.15, 0.2) is 5.69 Å². The number of halogens is 4. The highest BCUT2D eigenvalue weighted by atomic mass is 19.4. The van der Waals surface area contributed by atoms with Crippen LogP contribution in [0.25, 0.3) is 0 Å². The Bertz CT molecular complexity index is 613. The van der Waals surface area contributed by atoms with Gasteiger partial charge in [0.1, 0.15) is 5.82 Å². The summed E-state index contributed by atoms with van der Waals surface area (Å²) in [5.74, 6) is -0.418. The Labute approximate surface area is 123 Å². The van der Waals surface area contributed by atoms with Crippen LogP contribution in [0, 0.1) is 5.82 Å². The summed E-state index contributed by atoms with van der Waals surface area (Å²) in [6.07, 6.45) is -4.44. The monoisotopic (exact) mass is 318 g/mol. The molecule has 0 aliphatic rings. The van der Waals surface area contributed by atoms with Crippen LogP contribution in [0.1, 0.15) is 11.3 Å². The van der Waals surface area contributed by atoms with Gasteiger partial charge in [0.25, 0.3) is 0 Å². The summed E-state index contributed by atoms with van der Waals surface area (Å²) in [5, 5.41) is 13.0. The second-order valence-corrected chi connectivity index (χ2v) is 4.68. The van der Waals surface area contributed by atoms with Crippen LogP contribution in [0.3, 0.4) is 0 Å². The largest absolute Gasteiger partial charge is 0.435 e. The molecule has 0 saturated heterocycles. The van der Waals surface area contributed by atoms with Crippen molar-refractivity contribution >= 4 is 0 Å². The summed E-state index contributed by atoms with van der Waals surface area (Å²) in [6, 6.07) is 6.86. The molecule has 1 heterocycles. The summed E-state index contributed by atoms with van der Waals surface area (Å²) < 4.78 is 56.6. The van der Waals surface area contributed by atoms with E-state index in [0.29, 0.717) is 5.56 Å². The number of aromatic nitrogens is 2. The molecule has 1 aromatic heterocycles. The Morgan fingerprint density at radius 1 is 1.23 bits per heavy atom. The van der Waals surface area contributed by atoms with Crippen LogP contribution in [-0.4, -0.2) is 27.6 Å². The lowest BCUT2D eigenvalue weighted by molar-refractivity contribution is -0.141. The fourth-order valence-electron chi connectivity index (χ4n) is 1.80. The summed E-state index contributed by atoms with van der Waals surface area (Å²) in [4.78, 5) is 0. The summed E-state index contributed by atoms with van der Waals surface area (Å²) >= 11 is 0. The first-order valence-electron chi connectivity index (χ1n) is 6.46. The van der Waals surface area contributed by atoms with Gasteiger partial charge in [0.05, 0.1) is 25.9 Å². The lowest BCUT2D eigenvalue weighted by Gasteiger charge is -2.12. The van der Waals surface area contributed by atoms with Crippen LogP contribution in [0.15, 0.2) is 36.5 Å². The van der Waals surface area contributed by atoms with Gasteiger partial charge < -0.3 is 9.84 Å². The maximum atomic E-state index is 13.3. The minimum Gasteiger partial charge on any atom is -0.389 e. The zero-order chi connectivity index (χ0) is 16.2. The highest BCUT2D eigenvalue weighted by Gasteiger charge is 2.33. The molecular formula is C14H14F4N2O2. The topological polar surface area (TPSA) is 47.3 Å². The first-order chi connectivity index (χ1) is 10.4. The quantitative estimate of drug-likeness (QED) is 0.833. The number of hydrogen-bond donors (Lipinski definition) is 1. The predicted octanol–water partition coefficient (Wildman–Crippen LogP) is 2.62. The number of alkyl halides is 3. The number of nitrogens with zero attached hydrogens (tertiary/aromatic N) is 2. The van der Waals surface area contributed by atoms with Gasteiger partial charge in [0, 0.05) is 11.8 Å². The van der Waals surface area contributed by atoms with Crippen LogP contribution in [0.5, 0.6) is 0 Å².